The van der Waals surface area contributed by atoms with Crippen molar-refractivity contribution in [1.29, 1.82) is 0 Å². The number of fused-ring (bicyclic) bond motifs is 1. The molecule has 2 N–H and O–H groups in total. The molecule has 24 heavy (non-hydrogen) atoms. The largest absolute Gasteiger partial charge is 0.481 e. The Labute approximate surface area is 148 Å². The molecule has 0 radical (unpaired) electrons. The Hall–Kier alpha value is -2.02. The van der Waals surface area contributed by atoms with Crippen LogP contribution in [-0.2, 0) is 9.53 Å². The van der Waals surface area contributed by atoms with Gasteiger partial charge in [-0.2, -0.15) is 0 Å². The van der Waals surface area contributed by atoms with Gasteiger partial charge in [-0.15, -0.1) is 0 Å². The molecule has 2 rings (SSSR count). The monoisotopic (exact) mass is 397 g/mol. The molecular weight excluding hydrogens is 378 g/mol. The van der Waals surface area contributed by atoms with Crippen LogP contribution in [0.5, 0.6) is 0 Å². The molecule has 7 heteroatoms. The number of carboxylic acids is 1. The van der Waals surface area contributed by atoms with Crippen LogP contribution < -0.4 is 5.32 Å². The van der Waals surface area contributed by atoms with E-state index in [9.17, 15) is 9.59 Å². The van der Waals surface area contributed by atoms with Crippen LogP contribution >= 0.6 is 15.9 Å². The molecule has 0 saturated heterocycles. The number of benzene rings is 1. The van der Waals surface area contributed by atoms with Crippen molar-refractivity contribution in [2.24, 2.45) is 0 Å². The van der Waals surface area contributed by atoms with E-state index in [0.717, 1.165) is 9.86 Å². The van der Waals surface area contributed by atoms with E-state index in [4.69, 9.17) is 14.3 Å². The number of hydrogen-bond acceptors (Lipinski definition) is 4. The Morgan fingerprint density at radius 1 is 1.33 bits per heavy atom. The van der Waals surface area contributed by atoms with Crippen LogP contribution in [0.25, 0.3) is 11.0 Å². The highest BCUT2D eigenvalue weighted by Gasteiger charge is 2.22. The molecule has 0 aliphatic carbocycles. The van der Waals surface area contributed by atoms with Crippen LogP contribution in [0.2, 0.25) is 0 Å². The quantitative estimate of drug-likeness (QED) is 0.785. The fourth-order valence-corrected chi connectivity index (χ4v) is 2.62. The van der Waals surface area contributed by atoms with Gasteiger partial charge >= 0.3 is 12.1 Å². The van der Waals surface area contributed by atoms with Gasteiger partial charge in [-0.1, -0.05) is 15.9 Å². The molecule has 6 nitrogen and oxygen atoms in total. The summed E-state index contributed by atoms with van der Waals surface area (Å²) in [7, 11) is 0. The summed E-state index contributed by atoms with van der Waals surface area (Å²) >= 11 is 3.39. The smallest absolute Gasteiger partial charge is 0.407 e. The molecule has 0 fully saturated rings. The van der Waals surface area contributed by atoms with Crippen molar-refractivity contribution < 1.29 is 23.8 Å². The number of furan rings is 1. The van der Waals surface area contributed by atoms with Gasteiger partial charge in [0.25, 0.3) is 0 Å². The van der Waals surface area contributed by atoms with Crippen molar-refractivity contribution in [2.45, 2.75) is 38.7 Å². The fourth-order valence-electron chi connectivity index (χ4n) is 2.24. The molecule has 1 amide bonds. The lowest BCUT2D eigenvalue weighted by atomic mass is 10.0. The minimum atomic E-state index is -0.965. The van der Waals surface area contributed by atoms with E-state index in [1.165, 1.54) is 0 Å². The summed E-state index contributed by atoms with van der Waals surface area (Å²) in [4.78, 5) is 22.9. The molecule has 0 aliphatic heterocycles. The molecule has 0 bridgehead atoms. The van der Waals surface area contributed by atoms with Gasteiger partial charge in [0, 0.05) is 22.3 Å². The van der Waals surface area contributed by atoms with E-state index in [2.05, 4.69) is 21.2 Å². The molecule has 0 aliphatic rings. The van der Waals surface area contributed by atoms with E-state index in [1.807, 2.05) is 18.2 Å². The molecule has 2 aromatic rings. The number of alkyl carbamates (subject to hydrolysis) is 1. The summed E-state index contributed by atoms with van der Waals surface area (Å²) in [5.74, 6) is -0.935. The molecule has 130 valence electrons. The van der Waals surface area contributed by atoms with Gasteiger partial charge in [-0.3, -0.25) is 4.79 Å². The van der Waals surface area contributed by atoms with Crippen molar-refractivity contribution in [3.8, 4) is 0 Å². The molecule has 1 aromatic heterocycles. The average Bonchev–Trinajstić information content (AvgIpc) is 2.83. The molecule has 1 atom stereocenters. The third-order valence-corrected chi connectivity index (χ3v) is 3.71. The van der Waals surface area contributed by atoms with Crippen molar-refractivity contribution in [1.82, 2.24) is 5.32 Å². The zero-order valence-corrected chi connectivity index (χ0v) is 15.3. The molecular formula is C17H20BrNO5. The zero-order chi connectivity index (χ0) is 17.9. The molecule has 0 spiro atoms. The second-order valence-electron chi connectivity index (χ2n) is 6.51. The summed E-state index contributed by atoms with van der Waals surface area (Å²) in [6.45, 7) is 5.40. The van der Waals surface area contributed by atoms with E-state index in [-0.39, 0.29) is 13.0 Å². The summed E-state index contributed by atoms with van der Waals surface area (Å²) in [5.41, 5.74) is 0.0544. The fraction of sp³-hybridized carbons (Fsp3) is 0.412. The molecule has 1 aromatic carbocycles. The highest BCUT2D eigenvalue weighted by molar-refractivity contribution is 9.10. The third-order valence-electron chi connectivity index (χ3n) is 3.21. The second kappa shape index (κ2) is 7.25. The molecule has 1 unspecified atom stereocenters. The van der Waals surface area contributed by atoms with Crippen LogP contribution in [-0.4, -0.2) is 29.3 Å². The Morgan fingerprint density at radius 3 is 2.67 bits per heavy atom. The molecule has 0 saturated carbocycles. The number of carboxylic acid groups (broad SMARTS) is 1. The maximum absolute atomic E-state index is 11.8. The van der Waals surface area contributed by atoms with Crippen molar-refractivity contribution in [3.63, 3.8) is 0 Å². The predicted molar refractivity (Wildman–Crippen MR) is 93.1 cm³/mol. The Morgan fingerprint density at radius 2 is 2.04 bits per heavy atom. The van der Waals surface area contributed by atoms with Gasteiger partial charge in [0.05, 0.1) is 6.42 Å². The number of carbonyl (C=O) groups is 2. The number of halogens is 1. The third kappa shape index (κ3) is 5.26. The summed E-state index contributed by atoms with van der Waals surface area (Å²) in [5, 5.41) is 12.6. The van der Waals surface area contributed by atoms with Crippen molar-refractivity contribution in [2.75, 3.05) is 6.54 Å². The lowest BCUT2D eigenvalue weighted by Gasteiger charge is -2.21. The topological polar surface area (TPSA) is 88.8 Å². The number of carbonyl (C=O) groups excluding carboxylic acids is 1. The Kier molecular flexibility index (Phi) is 5.54. The lowest BCUT2D eigenvalue weighted by Crippen LogP contribution is -2.35. The van der Waals surface area contributed by atoms with Crippen LogP contribution in [0.15, 0.2) is 33.2 Å². The minimum absolute atomic E-state index is 0.113. The lowest BCUT2D eigenvalue weighted by molar-refractivity contribution is -0.137. The van der Waals surface area contributed by atoms with Crippen molar-refractivity contribution >= 4 is 39.0 Å². The zero-order valence-electron chi connectivity index (χ0n) is 13.8. The maximum atomic E-state index is 11.8. The van der Waals surface area contributed by atoms with E-state index >= 15 is 0 Å². The summed E-state index contributed by atoms with van der Waals surface area (Å²) in [6, 6.07) is 7.34. The normalized spacial score (nSPS) is 12.8. The minimum Gasteiger partial charge on any atom is -0.481 e. The Bertz CT molecular complexity index is 747. The SMILES string of the molecule is CC(C)(C)OC(=O)NCC(CC(=O)O)c1cc2cc(Br)ccc2o1. The standard InChI is InChI=1S/C17H20BrNO5/c1-17(2,3)24-16(22)19-9-11(8-15(20)21)14-7-10-6-12(18)4-5-13(10)23-14/h4-7,11H,8-9H2,1-3H3,(H,19,22)(H,20,21). The molecule has 1 heterocycles. The number of rotatable bonds is 5. The van der Waals surface area contributed by atoms with E-state index < -0.39 is 23.6 Å². The Balaban J connectivity index is 2.14. The van der Waals surface area contributed by atoms with Gasteiger partial charge < -0.3 is 19.6 Å². The highest BCUT2D eigenvalue weighted by Crippen LogP contribution is 2.29. The van der Waals surface area contributed by atoms with Gasteiger partial charge in [-0.25, -0.2) is 4.79 Å². The van der Waals surface area contributed by atoms with E-state index in [1.54, 1.807) is 26.8 Å². The first kappa shape index (κ1) is 18.3. The first-order valence-electron chi connectivity index (χ1n) is 7.51. The predicted octanol–water partition coefficient (Wildman–Crippen LogP) is 4.28. The summed E-state index contributed by atoms with van der Waals surface area (Å²) < 4.78 is 11.8. The number of nitrogens with one attached hydrogen (secondary N) is 1. The average molecular weight is 398 g/mol. The van der Waals surface area contributed by atoms with Crippen LogP contribution in [0.4, 0.5) is 4.79 Å². The van der Waals surface area contributed by atoms with Crippen LogP contribution in [0.3, 0.4) is 0 Å². The first-order chi connectivity index (χ1) is 11.1. The van der Waals surface area contributed by atoms with E-state index in [0.29, 0.717) is 11.3 Å². The number of ether oxygens (including phenoxy) is 1. The highest BCUT2D eigenvalue weighted by atomic mass is 79.9. The number of aliphatic carboxylic acids is 1. The first-order valence-corrected chi connectivity index (χ1v) is 8.31. The maximum Gasteiger partial charge on any atom is 0.407 e. The number of amides is 1. The van der Waals surface area contributed by atoms with Crippen LogP contribution in [0, 0.1) is 0 Å². The van der Waals surface area contributed by atoms with Gasteiger partial charge in [0.1, 0.15) is 16.9 Å². The van der Waals surface area contributed by atoms with Gasteiger partial charge in [0.2, 0.25) is 0 Å². The van der Waals surface area contributed by atoms with Gasteiger partial charge in [-0.05, 0) is 45.0 Å². The number of hydrogen-bond donors (Lipinski definition) is 2. The van der Waals surface area contributed by atoms with Crippen LogP contribution in [0.1, 0.15) is 38.9 Å². The van der Waals surface area contributed by atoms with Gasteiger partial charge in [0.15, 0.2) is 0 Å². The van der Waals surface area contributed by atoms with Crippen molar-refractivity contribution in [3.05, 3.63) is 34.5 Å². The summed E-state index contributed by atoms with van der Waals surface area (Å²) in [6.07, 6.45) is -0.742. The second-order valence-corrected chi connectivity index (χ2v) is 7.42.